The van der Waals surface area contributed by atoms with E-state index in [1.165, 1.54) is 31.4 Å². The second kappa shape index (κ2) is 11.1. The van der Waals surface area contributed by atoms with Gasteiger partial charge in [-0.05, 0) is 61.6 Å². The number of hydroxylamine groups is 1. The summed E-state index contributed by atoms with van der Waals surface area (Å²) in [7, 11) is -2.86. The topological polar surface area (TPSA) is 138 Å². The summed E-state index contributed by atoms with van der Waals surface area (Å²) in [5, 5.41) is 22.4. The van der Waals surface area contributed by atoms with Crippen molar-refractivity contribution < 1.29 is 28.3 Å². The molecule has 1 aliphatic carbocycles. The van der Waals surface area contributed by atoms with Crippen LogP contribution in [-0.2, 0) is 21.2 Å². The number of nitrogens with zero attached hydrogens (tertiary/aromatic N) is 1. The van der Waals surface area contributed by atoms with E-state index in [2.05, 4.69) is 10.3 Å². The average molecular weight is 486 g/mol. The van der Waals surface area contributed by atoms with Crippen molar-refractivity contribution >= 4 is 28.2 Å². The van der Waals surface area contributed by atoms with Crippen LogP contribution in [0.3, 0.4) is 0 Å². The van der Waals surface area contributed by atoms with Gasteiger partial charge < -0.3 is 9.84 Å². The van der Waals surface area contributed by atoms with Crippen molar-refractivity contribution in [2.45, 2.75) is 48.1 Å². The Labute approximate surface area is 193 Å². The Morgan fingerprint density at radius 2 is 1.84 bits per heavy atom. The van der Waals surface area contributed by atoms with E-state index in [9.17, 15) is 23.5 Å². The molecular weight excluding hydrogens is 458 g/mol. The molecule has 1 fully saturated rings. The number of methoxy groups -OCH3 is 1. The van der Waals surface area contributed by atoms with Crippen LogP contribution in [0.4, 0.5) is 0 Å². The Hall–Kier alpha value is -2.24. The Balaban J connectivity index is 0.00000363. The number of amides is 1. The molecule has 0 radical (unpaired) electrons. The second-order valence-electron chi connectivity index (χ2n) is 7.58. The molecule has 9 nitrogen and oxygen atoms in total. The second-order valence-corrected chi connectivity index (χ2v) is 9.70. The van der Waals surface area contributed by atoms with Crippen LogP contribution in [0.1, 0.15) is 31.2 Å². The van der Waals surface area contributed by atoms with Gasteiger partial charge in [0.05, 0.1) is 18.1 Å². The Bertz CT molecular complexity index is 982. The lowest BCUT2D eigenvalue weighted by molar-refractivity contribution is -0.135. The van der Waals surface area contributed by atoms with Gasteiger partial charge in [0, 0.05) is 24.9 Å². The first-order chi connectivity index (χ1) is 14.8. The van der Waals surface area contributed by atoms with Crippen molar-refractivity contribution in [1.82, 2.24) is 15.8 Å². The van der Waals surface area contributed by atoms with Crippen LogP contribution >= 0.6 is 12.4 Å². The number of hydrogen-bond donors (Lipinski definition) is 4. The van der Waals surface area contributed by atoms with Crippen LogP contribution in [0.25, 0.3) is 0 Å². The number of ether oxygens (including phenoxy) is 1. The molecule has 1 atom stereocenters. The highest BCUT2D eigenvalue weighted by atomic mass is 35.5. The largest absolute Gasteiger partial charge is 0.497 e. The zero-order chi connectivity index (χ0) is 22.5. The van der Waals surface area contributed by atoms with E-state index >= 15 is 0 Å². The number of pyridine rings is 1. The number of hydrogen-bond acceptors (Lipinski definition) is 8. The molecule has 32 heavy (non-hydrogen) atoms. The highest BCUT2D eigenvalue weighted by Crippen LogP contribution is 2.40. The summed E-state index contributed by atoms with van der Waals surface area (Å²) < 4.78 is 32.9. The summed E-state index contributed by atoms with van der Waals surface area (Å²) in [6.45, 7) is 0.0374. The molecule has 4 N–H and O–H groups in total. The molecule has 0 spiro atoms. The number of carbonyl (C=O) groups excluding carboxylic acids is 1. The molecule has 1 saturated carbocycles. The number of benzene rings is 1. The molecule has 0 saturated heterocycles. The van der Waals surface area contributed by atoms with Crippen molar-refractivity contribution in [2.24, 2.45) is 5.92 Å². The number of aromatic nitrogens is 1. The van der Waals surface area contributed by atoms with Gasteiger partial charge in [0.1, 0.15) is 5.75 Å². The molecule has 0 aliphatic heterocycles. The third-order valence-corrected chi connectivity index (χ3v) is 8.19. The third-order valence-electron chi connectivity index (χ3n) is 5.78. The third kappa shape index (κ3) is 5.05. The number of sulfone groups is 1. The number of halogens is 1. The van der Waals surface area contributed by atoms with E-state index < -0.39 is 32.6 Å². The zero-order valence-electron chi connectivity index (χ0n) is 17.6. The predicted octanol–water partition coefficient (Wildman–Crippen LogP) is 1.83. The number of aliphatic hydroxyl groups is 1. The quantitative estimate of drug-likeness (QED) is 0.328. The minimum absolute atomic E-state index is 0. The molecule has 1 amide bonds. The van der Waals surface area contributed by atoms with Crippen LogP contribution in [0.5, 0.6) is 5.75 Å². The van der Waals surface area contributed by atoms with Crippen LogP contribution in [-0.4, -0.2) is 47.7 Å². The number of carbonyl (C=O) groups is 1. The van der Waals surface area contributed by atoms with E-state index in [0.717, 1.165) is 0 Å². The summed E-state index contributed by atoms with van der Waals surface area (Å²) in [5.74, 6) is -1.26. The number of aliphatic hydroxyl groups excluding tert-OH is 1. The van der Waals surface area contributed by atoms with Gasteiger partial charge in [-0.2, -0.15) is 0 Å². The highest BCUT2D eigenvalue weighted by Gasteiger charge is 2.57. The van der Waals surface area contributed by atoms with Gasteiger partial charge in [-0.15, -0.1) is 12.4 Å². The monoisotopic (exact) mass is 485 g/mol. The van der Waals surface area contributed by atoms with Gasteiger partial charge in [-0.3, -0.25) is 20.3 Å². The fourth-order valence-corrected chi connectivity index (χ4v) is 6.18. The molecule has 1 aromatic heterocycles. The summed E-state index contributed by atoms with van der Waals surface area (Å²) in [6, 6.07) is 9.21. The standard InChI is InChI=1S/C21H27N3O6S.ClH/c1-30-18-8-10-19(11-9-18)31(28,29)21(20(26)24-27,16-4-6-17(25)7-5-16)23-14-15-3-2-12-22-13-15;/h2-3,8-13,16-17,23,25,27H,4-7,14H2,1H3,(H,24,26);1H/t16?,17?,21-;/m1./s1. The summed E-state index contributed by atoms with van der Waals surface area (Å²) in [4.78, 5) is 14.9. The maximum atomic E-state index is 13.9. The molecule has 11 heteroatoms. The van der Waals surface area contributed by atoms with Gasteiger partial charge in [0.15, 0.2) is 0 Å². The van der Waals surface area contributed by atoms with E-state index in [-0.39, 0.29) is 23.8 Å². The first-order valence-corrected chi connectivity index (χ1v) is 11.5. The van der Waals surface area contributed by atoms with Crippen LogP contribution in [0.2, 0.25) is 0 Å². The first kappa shape index (κ1) is 26.0. The molecule has 1 aromatic carbocycles. The molecule has 2 aromatic rings. The van der Waals surface area contributed by atoms with Gasteiger partial charge in [-0.1, -0.05) is 6.07 Å². The van der Waals surface area contributed by atoms with Crippen molar-refractivity contribution in [3.8, 4) is 5.75 Å². The number of nitrogens with one attached hydrogen (secondary N) is 2. The molecule has 0 bridgehead atoms. The lowest BCUT2D eigenvalue weighted by Crippen LogP contribution is -2.66. The lowest BCUT2D eigenvalue weighted by Gasteiger charge is -2.41. The predicted molar refractivity (Wildman–Crippen MR) is 119 cm³/mol. The lowest BCUT2D eigenvalue weighted by atomic mass is 9.81. The Kier molecular flexibility index (Phi) is 8.99. The molecule has 0 unspecified atom stereocenters. The fraction of sp³-hybridized carbons (Fsp3) is 0.429. The minimum Gasteiger partial charge on any atom is -0.497 e. The fourth-order valence-electron chi connectivity index (χ4n) is 4.09. The van der Waals surface area contributed by atoms with E-state index in [4.69, 9.17) is 4.74 Å². The van der Waals surface area contributed by atoms with E-state index in [0.29, 0.717) is 37.0 Å². The maximum absolute atomic E-state index is 13.9. The highest BCUT2D eigenvalue weighted by molar-refractivity contribution is 7.93. The normalized spacial score (nSPS) is 20.5. The van der Waals surface area contributed by atoms with Crippen molar-refractivity contribution in [2.75, 3.05) is 7.11 Å². The number of rotatable bonds is 8. The zero-order valence-corrected chi connectivity index (χ0v) is 19.2. The first-order valence-electron chi connectivity index (χ1n) is 10.0. The van der Waals surface area contributed by atoms with Gasteiger partial charge in [0.2, 0.25) is 14.7 Å². The smallest absolute Gasteiger partial charge is 0.280 e. The van der Waals surface area contributed by atoms with Gasteiger partial charge in [-0.25, -0.2) is 13.9 Å². The van der Waals surface area contributed by atoms with E-state index in [1.54, 1.807) is 30.0 Å². The molecular formula is C21H28ClN3O6S. The average Bonchev–Trinajstić information content (AvgIpc) is 2.80. The van der Waals surface area contributed by atoms with Crippen molar-refractivity contribution in [3.05, 3.63) is 54.4 Å². The Morgan fingerprint density at radius 3 is 2.38 bits per heavy atom. The van der Waals surface area contributed by atoms with Crippen LogP contribution < -0.4 is 15.5 Å². The van der Waals surface area contributed by atoms with E-state index in [1.807, 2.05) is 0 Å². The molecule has 3 rings (SSSR count). The molecule has 176 valence electrons. The Morgan fingerprint density at radius 1 is 1.19 bits per heavy atom. The molecule has 1 aliphatic rings. The summed E-state index contributed by atoms with van der Waals surface area (Å²) in [6.07, 6.45) is 3.92. The van der Waals surface area contributed by atoms with Gasteiger partial charge >= 0.3 is 0 Å². The van der Waals surface area contributed by atoms with Crippen LogP contribution in [0, 0.1) is 5.92 Å². The molecule has 1 heterocycles. The minimum atomic E-state index is -4.33. The van der Waals surface area contributed by atoms with Crippen LogP contribution in [0.15, 0.2) is 53.7 Å². The summed E-state index contributed by atoms with van der Waals surface area (Å²) >= 11 is 0. The summed E-state index contributed by atoms with van der Waals surface area (Å²) in [5.41, 5.74) is 2.24. The SMILES string of the molecule is COc1ccc(S(=O)(=O)[C@@](NCc2cccnc2)(C(=O)NO)C2CCC(O)CC2)cc1.Cl. The van der Waals surface area contributed by atoms with Crippen molar-refractivity contribution in [3.63, 3.8) is 0 Å². The van der Waals surface area contributed by atoms with Crippen molar-refractivity contribution in [1.29, 1.82) is 0 Å². The maximum Gasteiger partial charge on any atom is 0.280 e. The van der Waals surface area contributed by atoms with Gasteiger partial charge in [0.25, 0.3) is 5.91 Å².